The van der Waals surface area contributed by atoms with E-state index < -0.39 is 10.0 Å². The third-order valence-corrected chi connectivity index (χ3v) is 4.47. The summed E-state index contributed by atoms with van der Waals surface area (Å²) in [5, 5.41) is 0. The van der Waals surface area contributed by atoms with Crippen molar-refractivity contribution in [1.82, 2.24) is 0 Å². The van der Waals surface area contributed by atoms with Crippen molar-refractivity contribution in [2.45, 2.75) is 0 Å². The number of hydrogen-bond donors (Lipinski definition) is 0. The van der Waals surface area contributed by atoms with Gasteiger partial charge in [0.1, 0.15) is 0 Å². The lowest BCUT2D eigenvalue weighted by atomic mass is 10.1. The van der Waals surface area contributed by atoms with Crippen LogP contribution in [0.5, 0.6) is 0 Å². The summed E-state index contributed by atoms with van der Waals surface area (Å²) in [6.07, 6.45) is 0. The molecule has 0 saturated heterocycles. The topological polar surface area (TPSA) is 18.5 Å². The third kappa shape index (κ3) is 8.71. The predicted molar refractivity (Wildman–Crippen MR) is 126 cm³/mol. The molecule has 0 amide bonds. The minimum absolute atomic E-state index is 0.568. The first-order valence-electron chi connectivity index (χ1n) is 9.54. The van der Waals surface area contributed by atoms with E-state index in [1.807, 2.05) is 24.3 Å². The summed E-state index contributed by atoms with van der Waals surface area (Å²) >= 11 is 0. The standard InChI is InChI=1S/2C12H10.C2H8O2Si/c2*1-3-7-11(8-4-1)12-9-5-2-6-10-12;1-3-5-4-2/h2*1-10H;5H2,1-2H3. The Morgan fingerprint density at radius 3 is 0.724 bits per heavy atom. The van der Waals surface area contributed by atoms with E-state index >= 15 is 0 Å². The monoisotopic (exact) mass is 400 g/mol. The zero-order valence-electron chi connectivity index (χ0n) is 17.1. The maximum absolute atomic E-state index is 4.61. The van der Waals surface area contributed by atoms with Gasteiger partial charge in [0.15, 0.2) is 0 Å². The summed E-state index contributed by atoms with van der Waals surface area (Å²) in [6, 6.07) is 41.6. The Labute approximate surface area is 176 Å². The zero-order valence-corrected chi connectivity index (χ0v) is 18.5. The summed E-state index contributed by atoms with van der Waals surface area (Å²) in [7, 11) is 2.73. The molecule has 29 heavy (non-hydrogen) atoms. The molecule has 0 aliphatic carbocycles. The van der Waals surface area contributed by atoms with Gasteiger partial charge in [0.2, 0.25) is 0 Å². The van der Waals surface area contributed by atoms with E-state index in [0.717, 1.165) is 0 Å². The summed E-state index contributed by atoms with van der Waals surface area (Å²) in [5.41, 5.74) is 5.10. The molecule has 0 spiro atoms. The molecule has 0 aliphatic rings. The second kappa shape index (κ2) is 14.1. The van der Waals surface area contributed by atoms with E-state index in [1.165, 1.54) is 22.3 Å². The van der Waals surface area contributed by atoms with E-state index in [-0.39, 0.29) is 0 Å². The summed E-state index contributed by atoms with van der Waals surface area (Å²) in [4.78, 5) is 0. The molecular weight excluding hydrogens is 372 g/mol. The molecular formula is C26H28O2Si. The lowest BCUT2D eigenvalue weighted by molar-refractivity contribution is 0.309. The van der Waals surface area contributed by atoms with E-state index in [4.69, 9.17) is 0 Å². The van der Waals surface area contributed by atoms with Gasteiger partial charge < -0.3 is 8.85 Å². The minimum atomic E-state index is -0.568. The Balaban J connectivity index is 0.000000170. The average molecular weight is 401 g/mol. The fourth-order valence-corrected chi connectivity index (χ4v) is 2.88. The maximum atomic E-state index is 4.61. The largest absolute Gasteiger partial charge is 0.402 e. The normalized spacial score (nSPS) is 9.45. The van der Waals surface area contributed by atoms with Crippen LogP contribution < -0.4 is 0 Å². The molecule has 0 heterocycles. The first-order valence-corrected chi connectivity index (χ1v) is 10.7. The Bertz CT molecular complexity index is 731. The molecule has 148 valence electrons. The second-order valence-electron chi connectivity index (χ2n) is 6.16. The molecule has 0 saturated carbocycles. The van der Waals surface area contributed by atoms with Gasteiger partial charge >= 0.3 is 10.0 Å². The van der Waals surface area contributed by atoms with Crippen LogP contribution in [0.1, 0.15) is 0 Å². The lowest BCUT2D eigenvalue weighted by Crippen LogP contribution is -1.93. The molecule has 4 aromatic carbocycles. The molecule has 4 aromatic rings. The fraction of sp³-hybridized carbons (Fsp3) is 0.0769. The van der Waals surface area contributed by atoms with Gasteiger partial charge in [-0.15, -0.1) is 0 Å². The molecule has 0 fully saturated rings. The van der Waals surface area contributed by atoms with Crippen molar-refractivity contribution in [3.63, 3.8) is 0 Å². The number of benzene rings is 4. The van der Waals surface area contributed by atoms with E-state index in [2.05, 4.69) is 106 Å². The predicted octanol–water partition coefficient (Wildman–Crippen LogP) is 5.99. The molecule has 0 unspecified atom stereocenters. The van der Waals surface area contributed by atoms with Gasteiger partial charge in [-0.05, 0) is 22.3 Å². The Morgan fingerprint density at radius 1 is 0.379 bits per heavy atom. The molecule has 0 aliphatic heterocycles. The van der Waals surface area contributed by atoms with Crippen LogP contribution in [-0.2, 0) is 8.85 Å². The van der Waals surface area contributed by atoms with Crippen LogP contribution in [-0.4, -0.2) is 24.2 Å². The summed E-state index contributed by atoms with van der Waals surface area (Å²) in [5.74, 6) is 0. The van der Waals surface area contributed by atoms with Crippen molar-refractivity contribution >= 4 is 10.0 Å². The second-order valence-corrected chi connectivity index (χ2v) is 7.55. The molecule has 0 N–H and O–H groups in total. The molecule has 2 nitrogen and oxygen atoms in total. The summed E-state index contributed by atoms with van der Waals surface area (Å²) < 4.78 is 9.22. The van der Waals surface area contributed by atoms with Crippen molar-refractivity contribution in [2.24, 2.45) is 0 Å². The highest BCUT2D eigenvalue weighted by molar-refractivity contribution is 6.17. The minimum Gasteiger partial charge on any atom is -0.402 e. The van der Waals surface area contributed by atoms with Crippen LogP contribution in [0.3, 0.4) is 0 Å². The molecule has 4 rings (SSSR count). The zero-order chi connectivity index (χ0) is 20.6. The molecule has 0 radical (unpaired) electrons. The average Bonchev–Trinajstić information content (AvgIpc) is 2.83. The van der Waals surface area contributed by atoms with E-state index in [9.17, 15) is 0 Å². The van der Waals surface area contributed by atoms with E-state index in [1.54, 1.807) is 14.2 Å². The molecule has 3 heteroatoms. The summed E-state index contributed by atoms with van der Waals surface area (Å²) in [6.45, 7) is 0. The van der Waals surface area contributed by atoms with Crippen molar-refractivity contribution in [2.75, 3.05) is 14.2 Å². The fourth-order valence-electron chi connectivity index (χ4n) is 2.64. The van der Waals surface area contributed by atoms with Gasteiger partial charge in [-0.25, -0.2) is 0 Å². The van der Waals surface area contributed by atoms with E-state index in [0.29, 0.717) is 0 Å². The Kier molecular flexibility index (Phi) is 10.8. The Morgan fingerprint density at radius 2 is 0.586 bits per heavy atom. The quantitative estimate of drug-likeness (QED) is 0.392. The first kappa shape index (κ1) is 22.3. The molecule has 0 bridgehead atoms. The van der Waals surface area contributed by atoms with Crippen molar-refractivity contribution in [1.29, 1.82) is 0 Å². The highest BCUT2D eigenvalue weighted by Crippen LogP contribution is 2.18. The number of rotatable bonds is 4. The van der Waals surface area contributed by atoms with Crippen LogP contribution in [0.4, 0.5) is 0 Å². The van der Waals surface area contributed by atoms with Crippen LogP contribution in [0.2, 0.25) is 0 Å². The van der Waals surface area contributed by atoms with Crippen molar-refractivity contribution in [3.8, 4) is 22.3 Å². The van der Waals surface area contributed by atoms with Gasteiger partial charge in [-0.3, -0.25) is 0 Å². The van der Waals surface area contributed by atoms with Gasteiger partial charge in [-0.1, -0.05) is 121 Å². The molecule has 0 aromatic heterocycles. The van der Waals surface area contributed by atoms with Crippen LogP contribution in [0.15, 0.2) is 121 Å². The van der Waals surface area contributed by atoms with Crippen LogP contribution in [0.25, 0.3) is 22.3 Å². The smallest absolute Gasteiger partial charge is 0.303 e. The maximum Gasteiger partial charge on any atom is 0.303 e. The SMILES string of the molecule is CO[SiH2]OC.c1ccc(-c2ccccc2)cc1.c1ccc(-c2ccccc2)cc1. The highest BCUT2D eigenvalue weighted by atomic mass is 28.3. The Hall–Kier alpha value is -2.98. The van der Waals surface area contributed by atoms with Crippen molar-refractivity contribution in [3.05, 3.63) is 121 Å². The third-order valence-electron chi connectivity index (χ3n) is 4.00. The highest BCUT2D eigenvalue weighted by Gasteiger charge is 1.92. The van der Waals surface area contributed by atoms with Gasteiger partial charge in [0, 0.05) is 14.2 Å². The van der Waals surface area contributed by atoms with Crippen molar-refractivity contribution < 1.29 is 8.85 Å². The lowest BCUT2D eigenvalue weighted by Gasteiger charge is -1.98. The van der Waals surface area contributed by atoms with Gasteiger partial charge in [0.25, 0.3) is 0 Å². The molecule has 0 atom stereocenters. The van der Waals surface area contributed by atoms with Crippen LogP contribution >= 0.6 is 0 Å². The van der Waals surface area contributed by atoms with Gasteiger partial charge in [0.05, 0.1) is 0 Å². The van der Waals surface area contributed by atoms with Crippen LogP contribution in [0, 0.1) is 0 Å². The first-order chi connectivity index (χ1) is 14.3. The number of hydrogen-bond acceptors (Lipinski definition) is 2. The van der Waals surface area contributed by atoms with Gasteiger partial charge in [-0.2, -0.15) is 0 Å².